The molecule has 0 amide bonds. The lowest BCUT2D eigenvalue weighted by Crippen LogP contribution is -2.27. The van der Waals surface area contributed by atoms with Crippen molar-refractivity contribution in [1.82, 2.24) is 9.88 Å². The highest BCUT2D eigenvalue weighted by Gasteiger charge is 2.31. The molecule has 1 rings (SSSR count). The number of alkyl halides is 3. The van der Waals surface area contributed by atoms with Crippen LogP contribution in [0.25, 0.3) is 0 Å². The summed E-state index contributed by atoms with van der Waals surface area (Å²) < 4.78 is 37.9. The molecular weight excluding hydrogens is 281 g/mol. The van der Waals surface area contributed by atoms with Crippen LogP contribution in [0.2, 0.25) is 0 Å². The third-order valence-corrected chi connectivity index (χ3v) is 3.30. The van der Waals surface area contributed by atoms with E-state index < -0.39 is 11.7 Å². The number of nitrogen functional groups attached to an aromatic ring is 1. The van der Waals surface area contributed by atoms with Gasteiger partial charge in [-0.3, -0.25) is 0 Å². The number of anilines is 2. The Morgan fingerprint density at radius 3 is 2.52 bits per heavy atom. The first-order valence-corrected chi connectivity index (χ1v) is 6.99. The fourth-order valence-corrected chi connectivity index (χ4v) is 1.77. The van der Waals surface area contributed by atoms with E-state index in [1.807, 2.05) is 7.05 Å². The number of aromatic nitrogens is 1. The van der Waals surface area contributed by atoms with E-state index in [1.165, 1.54) is 0 Å². The first-order chi connectivity index (χ1) is 9.70. The molecule has 1 aromatic rings. The molecule has 0 fully saturated rings. The summed E-state index contributed by atoms with van der Waals surface area (Å²) in [6, 6.07) is 2.31. The van der Waals surface area contributed by atoms with Gasteiger partial charge in [0.05, 0.1) is 5.56 Å². The van der Waals surface area contributed by atoms with Gasteiger partial charge in [0.25, 0.3) is 0 Å². The van der Waals surface area contributed by atoms with Gasteiger partial charge in [-0.15, -0.1) is 0 Å². The number of nitrogens with two attached hydrogens (primary N) is 1. The Bertz CT molecular complexity index is 446. The van der Waals surface area contributed by atoms with Crippen molar-refractivity contribution in [3.8, 4) is 0 Å². The lowest BCUT2D eigenvalue weighted by Gasteiger charge is -2.20. The van der Waals surface area contributed by atoms with Crippen molar-refractivity contribution in [2.75, 3.05) is 31.2 Å². The lowest BCUT2D eigenvalue weighted by molar-refractivity contribution is -0.137. The molecule has 0 aliphatic heterocycles. The SMILES string of the molecule is CC(C)N(C)CCCCNc1cc(C(F)(F)F)cc(N)n1. The third kappa shape index (κ3) is 6.20. The van der Waals surface area contributed by atoms with Gasteiger partial charge in [-0.05, 0) is 52.4 Å². The van der Waals surface area contributed by atoms with Gasteiger partial charge in [-0.1, -0.05) is 0 Å². The minimum Gasteiger partial charge on any atom is -0.384 e. The molecule has 0 aromatic carbocycles. The minimum atomic E-state index is -4.41. The van der Waals surface area contributed by atoms with Gasteiger partial charge in [0.2, 0.25) is 0 Å². The predicted molar refractivity (Wildman–Crippen MR) is 79.1 cm³/mol. The molecule has 21 heavy (non-hydrogen) atoms. The Kier molecular flexibility index (Phi) is 6.26. The van der Waals surface area contributed by atoms with Gasteiger partial charge in [0, 0.05) is 12.6 Å². The van der Waals surface area contributed by atoms with Crippen LogP contribution in [0.3, 0.4) is 0 Å². The van der Waals surface area contributed by atoms with Crippen LogP contribution in [-0.2, 0) is 6.18 Å². The monoisotopic (exact) mass is 304 g/mol. The second-order valence-corrected chi connectivity index (χ2v) is 5.37. The van der Waals surface area contributed by atoms with E-state index in [9.17, 15) is 13.2 Å². The van der Waals surface area contributed by atoms with Crippen LogP contribution in [0.1, 0.15) is 32.3 Å². The summed E-state index contributed by atoms with van der Waals surface area (Å²) in [4.78, 5) is 6.09. The zero-order valence-electron chi connectivity index (χ0n) is 12.7. The normalized spacial score (nSPS) is 12.2. The van der Waals surface area contributed by atoms with Crippen molar-refractivity contribution in [3.05, 3.63) is 17.7 Å². The van der Waals surface area contributed by atoms with Gasteiger partial charge >= 0.3 is 6.18 Å². The summed E-state index contributed by atoms with van der Waals surface area (Å²) in [5, 5.41) is 2.89. The molecule has 0 radical (unpaired) electrons. The summed E-state index contributed by atoms with van der Waals surface area (Å²) >= 11 is 0. The molecule has 0 saturated heterocycles. The molecule has 0 aliphatic carbocycles. The van der Waals surface area contributed by atoms with Crippen LogP contribution in [0, 0.1) is 0 Å². The Balaban J connectivity index is 2.44. The Labute approximate surface area is 123 Å². The van der Waals surface area contributed by atoms with Crippen LogP contribution in [0.15, 0.2) is 12.1 Å². The molecule has 0 aliphatic rings. The average Bonchev–Trinajstić information content (AvgIpc) is 2.36. The number of hydrogen-bond acceptors (Lipinski definition) is 4. The number of nitrogens with one attached hydrogen (secondary N) is 1. The highest BCUT2D eigenvalue weighted by molar-refractivity contribution is 5.47. The quantitative estimate of drug-likeness (QED) is 0.760. The fourth-order valence-electron chi connectivity index (χ4n) is 1.77. The largest absolute Gasteiger partial charge is 0.416 e. The number of hydrogen-bond donors (Lipinski definition) is 2. The Morgan fingerprint density at radius 2 is 1.95 bits per heavy atom. The molecule has 120 valence electrons. The number of nitrogens with zero attached hydrogens (tertiary/aromatic N) is 2. The standard InChI is InChI=1S/C14H23F3N4/c1-10(2)21(3)7-5-4-6-19-13-9-11(14(15,16)17)8-12(18)20-13/h8-10H,4-7H2,1-3H3,(H3,18,19,20). The van der Waals surface area contributed by atoms with Crippen molar-refractivity contribution in [2.45, 2.75) is 38.9 Å². The maximum atomic E-state index is 12.6. The third-order valence-electron chi connectivity index (χ3n) is 3.30. The van der Waals surface area contributed by atoms with E-state index in [-0.39, 0.29) is 11.6 Å². The number of pyridine rings is 1. The maximum Gasteiger partial charge on any atom is 0.416 e. The van der Waals surface area contributed by atoms with E-state index in [0.29, 0.717) is 12.6 Å². The molecule has 7 heteroatoms. The number of rotatable bonds is 7. The predicted octanol–water partition coefficient (Wildman–Crippen LogP) is 3.21. The molecule has 0 saturated carbocycles. The first kappa shape index (κ1) is 17.6. The van der Waals surface area contributed by atoms with Crippen molar-refractivity contribution in [3.63, 3.8) is 0 Å². The van der Waals surface area contributed by atoms with Gasteiger partial charge in [-0.2, -0.15) is 13.2 Å². The highest BCUT2D eigenvalue weighted by Crippen LogP contribution is 2.31. The van der Waals surface area contributed by atoms with Crippen LogP contribution in [0.4, 0.5) is 24.8 Å². The number of halogens is 3. The average molecular weight is 304 g/mol. The topological polar surface area (TPSA) is 54.2 Å². The highest BCUT2D eigenvalue weighted by atomic mass is 19.4. The van der Waals surface area contributed by atoms with Gasteiger partial charge in [0.1, 0.15) is 11.6 Å². The van der Waals surface area contributed by atoms with Crippen LogP contribution in [0.5, 0.6) is 0 Å². The fraction of sp³-hybridized carbons (Fsp3) is 0.643. The maximum absolute atomic E-state index is 12.6. The van der Waals surface area contributed by atoms with Crippen LogP contribution < -0.4 is 11.1 Å². The summed E-state index contributed by atoms with van der Waals surface area (Å²) in [6.07, 6.45) is -2.58. The van der Waals surface area contributed by atoms with Gasteiger partial charge in [-0.25, -0.2) is 4.98 Å². The molecule has 0 unspecified atom stereocenters. The van der Waals surface area contributed by atoms with E-state index in [2.05, 4.69) is 29.0 Å². The second-order valence-electron chi connectivity index (χ2n) is 5.37. The Hall–Kier alpha value is -1.50. The van der Waals surface area contributed by atoms with Crippen LogP contribution in [-0.4, -0.2) is 36.1 Å². The van der Waals surface area contributed by atoms with E-state index in [0.717, 1.165) is 31.5 Å². The Morgan fingerprint density at radius 1 is 1.29 bits per heavy atom. The zero-order chi connectivity index (χ0) is 16.0. The molecular formula is C14H23F3N4. The first-order valence-electron chi connectivity index (χ1n) is 6.99. The van der Waals surface area contributed by atoms with Crippen molar-refractivity contribution in [1.29, 1.82) is 0 Å². The van der Waals surface area contributed by atoms with Crippen molar-refractivity contribution < 1.29 is 13.2 Å². The summed E-state index contributed by atoms with van der Waals surface area (Å²) in [6.45, 7) is 5.76. The molecule has 4 nitrogen and oxygen atoms in total. The lowest BCUT2D eigenvalue weighted by atomic mass is 10.2. The molecule has 0 atom stereocenters. The minimum absolute atomic E-state index is 0.133. The summed E-state index contributed by atoms with van der Waals surface area (Å²) in [5.41, 5.74) is 4.62. The second kappa shape index (κ2) is 7.49. The summed E-state index contributed by atoms with van der Waals surface area (Å²) in [7, 11) is 2.05. The molecule has 0 bridgehead atoms. The van der Waals surface area contributed by atoms with Gasteiger partial charge in [0.15, 0.2) is 0 Å². The molecule has 1 heterocycles. The zero-order valence-corrected chi connectivity index (χ0v) is 12.7. The van der Waals surface area contributed by atoms with E-state index in [1.54, 1.807) is 0 Å². The summed E-state index contributed by atoms with van der Waals surface area (Å²) in [5.74, 6) is 0.0337. The van der Waals surface area contributed by atoms with Gasteiger partial charge < -0.3 is 16.0 Å². The van der Waals surface area contributed by atoms with E-state index >= 15 is 0 Å². The smallest absolute Gasteiger partial charge is 0.384 e. The van der Waals surface area contributed by atoms with Crippen molar-refractivity contribution >= 4 is 11.6 Å². The van der Waals surface area contributed by atoms with E-state index in [4.69, 9.17) is 5.73 Å². The molecule has 1 aromatic heterocycles. The van der Waals surface area contributed by atoms with Crippen LogP contribution >= 0.6 is 0 Å². The molecule has 3 N–H and O–H groups in total. The molecule has 0 spiro atoms. The van der Waals surface area contributed by atoms with Crippen molar-refractivity contribution in [2.24, 2.45) is 0 Å². The number of unbranched alkanes of at least 4 members (excludes halogenated alkanes) is 1.